The highest BCUT2D eigenvalue weighted by Crippen LogP contribution is 2.30. The van der Waals surface area contributed by atoms with Crippen LogP contribution in [0.3, 0.4) is 0 Å². The fourth-order valence-electron chi connectivity index (χ4n) is 2.76. The minimum atomic E-state index is -4.30. The van der Waals surface area contributed by atoms with Gasteiger partial charge in [0.25, 0.3) is 0 Å². The van der Waals surface area contributed by atoms with E-state index in [1.165, 1.54) is 18.3 Å². The molecule has 0 aliphatic rings. The van der Waals surface area contributed by atoms with Gasteiger partial charge >= 0.3 is 12.1 Å². The van der Waals surface area contributed by atoms with Gasteiger partial charge in [-0.1, -0.05) is 18.2 Å². The van der Waals surface area contributed by atoms with Gasteiger partial charge in [0.2, 0.25) is 11.8 Å². The van der Waals surface area contributed by atoms with Crippen LogP contribution in [0.25, 0.3) is 10.8 Å². The Labute approximate surface area is 180 Å². The molecule has 1 heterocycles. The van der Waals surface area contributed by atoms with E-state index < -0.39 is 17.7 Å². The van der Waals surface area contributed by atoms with E-state index in [9.17, 15) is 18.0 Å². The fourth-order valence-corrected chi connectivity index (χ4v) is 2.76. The number of carboxylic acid groups (broad SMARTS) is 1. The van der Waals surface area contributed by atoms with Gasteiger partial charge in [-0.05, 0) is 53.2 Å². The normalized spacial score (nSPS) is 10.8. The lowest BCUT2D eigenvalue weighted by molar-refractivity contribution is -0.137. The molecule has 4 rings (SSSR count). The third-order valence-electron chi connectivity index (χ3n) is 4.17. The highest BCUT2D eigenvalue weighted by atomic mass is 19.4. The van der Waals surface area contributed by atoms with Crippen LogP contribution in [0.4, 0.5) is 24.8 Å². The molecule has 0 amide bonds. The summed E-state index contributed by atoms with van der Waals surface area (Å²) in [6.07, 6.45) is -2.80. The molecule has 0 unspecified atom stereocenters. The van der Waals surface area contributed by atoms with Crippen molar-refractivity contribution in [1.82, 2.24) is 9.97 Å². The molecule has 0 spiro atoms. The van der Waals surface area contributed by atoms with E-state index in [0.29, 0.717) is 17.0 Å². The van der Waals surface area contributed by atoms with Gasteiger partial charge in [0, 0.05) is 18.0 Å². The van der Waals surface area contributed by atoms with Gasteiger partial charge in [0.05, 0.1) is 11.1 Å². The largest absolute Gasteiger partial charge is 0.478 e. The van der Waals surface area contributed by atoms with Gasteiger partial charge in [-0.25, -0.2) is 9.78 Å². The lowest BCUT2D eigenvalue weighted by Crippen LogP contribution is -2.04. The number of carbonyl (C=O) groups is 1. The van der Waals surface area contributed by atoms with Gasteiger partial charge in [-0.3, -0.25) is 0 Å². The first-order valence-electron chi connectivity index (χ1n) is 9.08. The number of benzene rings is 3. The number of carboxylic acids is 1. The van der Waals surface area contributed by atoms with Crippen LogP contribution in [0.5, 0.6) is 11.6 Å². The summed E-state index contributed by atoms with van der Waals surface area (Å²) in [5.41, 5.74) is 10.3. The van der Waals surface area contributed by atoms with Crippen molar-refractivity contribution in [2.24, 2.45) is 0 Å². The van der Waals surface area contributed by atoms with Crippen molar-refractivity contribution in [3.63, 3.8) is 0 Å². The third-order valence-corrected chi connectivity index (χ3v) is 4.17. The number of hydrogen-bond donors (Lipinski definition) is 3. The zero-order valence-electron chi connectivity index (χ0n) is 16.4. The second-order valence-electron chi connectivity index (χ2n) is 6.47. The zero-order valence-corrected chi connectivity index (χ0v) is 16.4. The first kappa shape index (κ1) is 22.3. The predicted molar refractivity (Wildman–Crippen MR) is 113 cm³/mol. The second kappa shape index (κ2) is 9.21. The molecule has 4 aromatic rings. The molecular formula is C22H17F3N4O3. The zero-order chi connectivity index (χ0) is 23.3. The standard InChI is InChI=1S/C15H11N3O3.C7H6F3N/c16-15-17-7-6-13(18-15)21-10-4-5-11-9(8-10)2-1-3-12(11)14(19)20;8-7(9,10)5-2-1-3-6(11)4-5/h1-8H,(H,19,20)(H2,16,17,18);1-4H,11H2. The molecular weight excluding hydrogens is 425 g/mol. The molecule has 0 saturated heterocycles. The molecule has 0 fully saturated rings. The Bertz CT molecular complexity index is 1260. The van der Waals surface area contributed by atoms with Crippen LogP contribution in [-0.4, -0.2) is 21.0 Å². The van der Waals surface area contributed by atoms with Crippen LogP contribution in [0.15, 0.2) is 72.9 Å². The van der Waals surface area contributed by atoms with E-state index in [2.05, 4.69) is 9.97 Å². The molecule has 10 heteroatoms. The molecule has 32 heavy (non-hydrogen) atoms. The van der Waals surface area contributed by atoms with Crippen molar-refractivity contribution >= 4 is 28.4 Å². The van der Waals surface area contributed by atoms with Crippen LogP contribution in [0.2, 0.25) is 0 Å². The number of rotatable bonds is 3. The van der Waals surface area contributed by atoms with Crippen molar-refractivity contribution in [1.29, 1.82) is 0 Å². The second-order valence-corrected chi connectivity index (χ2v) is 6.47. The number of nitrogens with zero attached hydrogens (tertiary/aromatic N) is 2. The topological polar surface area (TPSA) is 124 Å². The Hall–Kier alpha value is -4.34. The maximum Gasteiger partial charge on any atom is 0.416 e. The van der Waals surface area contributed by atoms with Crippen LogP contribution < -0.4 is 16.2 Å². The molecule has 0 aliphatic carbocycles. The summed E-state index contributed by atoms with van der Waals surface area (Å²) in [6, 6.07) is 16.4. The number of fused-ring (bicyclic) bond motifs is 1. The molecule has 0 aliphatic heterocycles. The first-order chi connectivity index (χ1) is 15.1. The fraction of sp³-hybridized carbons (Fsp3) is 0.0455. The minimum absolute atomic E-state index is 0.125. The molecule has 7 nitrogen and oxygen atoms in total. The average molecular weight is 442 g/mol. The van der Waals surface area contributed by atoms with E-state index in [1.54, 1.807) is 36.4 Å². The Kier molecular flexibility index (Phi) is 6.43. The van der Waals surface area contributed by atoms with E-state index in [1.807, 2.05) is 6.07 Å². The molecule has 3 aromatic carbocycles. The van der Waals surface area contributed by atoms with Gasteiger partial charge in [-0.2, -0.15) is 18.2 Å². The van der Waals surface area contributed by atoms with Gasteiger partial charge in [0.15, 0.2) is 0 Å². The summed E-state index contributed by atoms with van der Waals surface area (Å²) < 4.78 is 41.3. The minimum Gasteiger partial charge on any atom is -0.478 e. The van der Waals surface area contributed by atoms with Gasteiger partial charge in [-0.15, -0.1) is 0 Å². The average Bonchev–Trinajstić information content (AvgIpc) is 2.73. The smallest absolute Gasteiger partial charge is 0.416 e. The maximum absolute atomic E-state index is 11.9. The third kappa shape index (κ3) is 5.63. The number of nitrogens with two attached hydrogens (primary N) is 2. The van der Waals surface area contributed by atoms with Gasteiger partial charge < -0.3 is 21.3 Å². The molecule has 0 bridgehead atoms. The molecule has 0 saturated carbocycles. The summed E-state index contributed by atoms with van der Waals surface area (Å²) >= 11 is 0. The maximum atomic E-state index is 11.9. The van der Waals surface area contributed by atoms with E-state index in [-0.39, 0.29) is 17.2 Å². The highest BCUT2D eigenvalue weighted by Gasteiger charge is 2.30. The number of hydrogen-bond acceptors (Lipinski definition) is 6. The number of aromatic nitrogens is 2. The molecule has 0 radical (unpaired) electrons. The molecule has 164 valence electrons. The van der Waals surface area contributed by atoms with Crippen molar-refractivity contribution in [3.05, 3.63) is 84.1 Å². The number of aromatic carboxylic acids is 1. The number of anilines is 2. The monoisotopic (exact) mass is 442 g/mol. The summed E-state index contributed by atoms with van der Waals surface area (Å²) in [5.74, 6) is 0.0404. The van der Waals surface area contributed by atoms with Crippen molar-refractivity contribution in [2.75, 3.05) is 11.5 Å². The SMILES string of the molecule is Nc1cccc(C(F)(F)F)c1.Nc1nccc(Oc2ccc3c(C(=O)O)cccc3c2)n1. The Morgan fingerprint density at radius 1 is 0.969 bits per heavy atom. The summed E-state index contributed by atoms with van der Waals surface area (Å²) in [7, 11) is 0. The Balaban J connectivity index is 0.000000222. The lowest BCUT2D eigenvalue weighted by atomic mass is 10.0. The lowest BCUT2D eigenvalue weighted by Gasteiger charge is -2.07. The number of ether oxygens (including phenoxy) is 1. The number of nitrogen functional groups attached to an aromatic ring is 2. The van der Waals surface area contributed by atoms with E-state index in [4.69, 9.17) is 21.3 Å². The quantitative estimate of drug-likeness (QED) is 0.382. The Morgan fingerprint density at radius 3 is 2.34 bits per heavy atom. The van der Waals surface area contributed by atoms with E-state index in [0.717, 1.165) is 17.5 Å². The van der Waals surface area contributed by atoms with Crippen LogP contribution >= 0.6 is 0 Å². The number of halogens is 3. The Morgan fingerprint density at radius 2 is 1.72 bits per heavy atom. The molecule has 0 atom stereocenters. The van der Waals surface area contributed by atoms with Crippen LogP contribution in [0.1, 0.15) is 15.9 Å². The van der Waals surface area contributed by atoms with Crippen molar-refractivity contribution in [2.45, 2.75) is 6.18 Å². The number of alkyl halides is 3. The first-order valence-corrected chi connectivity index (χ1v) is 9.08. The van der Waals surface area contributed by atoms with Crippen LogP contribution in [0, 0.1) is 0 Å². The predicted octanol–water partition coefficient (Wildman–Crippen LogP) is 4.99. The summed E-state index contributed by atoms with van der Waals surface area (Å²) in [5, 5.41) is 10.6. The summed E-state index contributed by atoms with van der Waals surface area (Å²) in [4.78, 5) is 18.9. The highest BCUT2D eigenvalue weighted by molar-refractivity contribution is 6.03. The van der Waals surface area contributed by atoms with Crippen molar-refractivity contribution in [3.8, 4) is 11.6 Å². The summed E-state index contributed by atoms with van der Waals surface area (Å²) in [6.45, 7) is 0. The van der Waals surface area contributed by atoms with Crippen molar-refractivity contribution < 1.29 is 27.8 Å². The molecule has 5 N–H and O–H groups in total. The van der Waals surface area contributed by atoms with Crippen LogP contribution in [-0.2, 0) is 6.18 Å². The van der Waals surface area contributed by atoms with E-state index >= 15 is 0 Å². The molecule has 1 aromatic heterocycles. The van der Waals surface area contributed by atoms with Gasteiger partial charge in [0.1, 0.15) is 5.75 Å².